The normalized spacial score (nSPS) is 11.4. The third kappa shape index (κ3) is 2.64. The first-order chi connectivity index (χ1) is 10.2. The molecule has 5 nitrogen and oxygen atoms in total. The molecule has 0 atom stereocenters. The van der Waals surface area contributed by atoms with E-state index in [2.05, 4.69) is 53.4 Å². The molecule has 0 saturated heterocycles. The molecule has 0 radical (unpaired) electrons. The molecule has 0 aliphatic rings. The van der Waals surface area contributed by atoms with Crippen molar-refractivity contribution in [1.29, 1.82) is 0 Å². The lowest BCUT2D eigenvalue weighted by atomic mass is 10.0. The zero-order valence-corrected chi connectivity index (χ0v) is 12.3. The van der Waals surface area contributed by atoms with Gasteiger partial charge in [-0.15, -0.1) is 10.2 Å². The molecule has 3 aromatic rings. The number of aromatic nitrogens is 4. The third-order valence-corrected chi connectivity index (χ3v) is 3.57. The first kappa shape index (κ1) is 13.7. The monoisotopic (exact) mass is 281 g/mol. The smallest absolute Gasteiger partial charge is 0.177 e. The Morgan fingerprint density at radius 2 is 1.81 bits per heavy atom. The highest BCUT2D eigenvalue weighted by molar-refractivity contribution is 5.60. The van der Waals surface area contributed by atoms with Gasteiger partial charge in [0.05, 0.1) is 5.69 Å². The molecule has 5 heteroatoms. The molecule has 0 spiro atoms. The zero-order valence-electron chi connectivity index (χ0n) is 12.3. The van der Waals surface area contributed by atoms with Crippen LogP contribution in [0.4, 0.5) is 0 Å². The maximum absolute atomic E-state index is 5.60. The molecule has 0 amide bonds. The summed E-state index contributed by atoms with van der Waals surface area (Å²) in [5.74, 6) is 1.33. The highest BCUT2D eigenvalue weighted by Gasteiger charge is 2.08. The molecule has 0 unspecified atom stereocenters. The van der Waals surface area contributed by atoms with Crippen molar-refractivity contribution >= 4 is 5.65 Å². The molecule has 2 N–H and O–H groups in total. The van der Waals surface area contributed by atoms with Crippen molar-refractivity contribution in [3.63, 3.8) is 0 Å². The second kappa shape index (κ2) is 5.61. The van der Waals surface area contributed by atoms with Gasteiger partial charge in [0.15, 0.2) is 11.5 Å². The lowest BCUT2D eigenvalue weighted by Crippen LogP contribution is -2.08. The molecule has 0 bridgehead atoms. The summed E-state index contributed by atoms with van der Waals surface area (Å²) >= 11 is 0. The van der Waals surface area contributed by atoms with Crippen molar-refractivity contribution in [3.8, 4) is 11.3 Å². The quantitative estimate of drug-likeness (QED) is 0.797. The number of fused-ring (bicyclic) bond motifs is 1. The van der Waals surface area contributed by atoms with Gasteiger partial charge in [0.2, 0.25) is 0 Å². The van der Waals surface area contributed by atoms with Gasteiger partial charge in [0.1, 0.15) is 0 Å². The van der Waals surface area contributed by atoms with E-state index in [-0.39, 0.29) is 0 Å². The van der Waals surface area contributed by atoms with E-state index in [1.54, 1.807) is 4.52 Å². The highest BCUT2D eigenvalue weighted by Crippen LogP contribution is 2.21. The van der Waals surface area contributed by atoms with Crippen LogP contribution < -0.4 is 5.73 Å². The Bertz CT molecular complexity index is 743. The summed E-state index contributed by atoms with van der Waals surface area (Å²) in [5.41, 5.74) is 9.68. The van der Waals surface area contributed by atoms with Gasteiger partial charge in [0.25, 0.3) is 0 Å². The van der Waals surface area contributed by atoms with Crippen LogP contribution in [0, 0.1) is 0 Å². The average molecular weight is 281 g/mol. The lowest BCUT2D eigenvalue weighted by molar-refractivity contribution is 0.793. The molecule has 0 fully saturated rings. The van der Waals surface area contributed by atoms with Gasteiger partial charge < -0.3 is 5.73 Å². The first-order valence-corrected chi connectivity index (χ1v) is 7.21. The summed E-state index contributed by atoms with van der Waals surface area (Å²) in [7, 11) is 0. The zero-order chi connectivity index (χ0) is 14.8. The number of nitrogens with zero attached hydrogens (tertiary/aromatic N) is 4. The number of nitrogens with two attached hydrogens (primary N) is 1. The summed E-state index contributed by atoms with van der Waals surface area (Å²) in [6.45, 7) is 4.92. The van der Waals surface area contributed by atoms with E-state index in [9.17, 15) is 0 Å². The number of hydrogen-bond donors (Lipinski definition) is 1. The fraction of sp³-hybridized carbons (Fsp3) is 0.312. The third-order valence-electron chi connectivity index (χ3n) is 3.57. The van der Waals surface area contributed by atoms with Crippen molar-refractivity contribution in [2.75, 3.05) is 6.54 Å². The SMILES string of the molecule is CC(C)c1ccc(-c2ccc3nnc(CCN)n3n2)cc1. The Labute approximate surface area is 123 Å². The maximum Gasteiger partial charge on any atom is 0.177 e. The molecule has 2 heterocycles. The van der Waals surface area contributed by atoms with Crippen LogP contribution in [-0.2, 0) is 6.42 Å². The summed E-state index contributed by atoms with van der Waals surface area (Å²) in [6.07, 6.45) is 0.671. The van der Waals surface area contributed by atoms with E-state index in [0.29, 0.717) is 18.9 Å². The Morgan fingerprint density at radius 1 is 1.05 bits per heavy atom. The van der Waals surface area contributed by atoms with Gasteiger partial charge in [-0.3, -0.25) is 0 Å². The second-order valence-corrected chi connectivity index (χ2v) is 5.42. The lowest BCUT2D eigenvalue weighted by Gasteiger charge is -2.07. The molecule has 3 rings (SSSR count). The van der Waals surface area contributed by atoms with Crippen LogP contribution >= 0.6 is 0 Å². The van der Waals surface area contributed by atoms with Crippen LogP contribution in [0.1, 0.15) is 31.2 Å². The molecule has 108 valence electrons. The van der Waals surface area contributed by atoms with Gasteiger partial charge in [-0.1, -0.05) is 38.1 Å². The van der Waals surface area contributed by atoms with Crippen LogP contribution in [0.15, 0.2) is 36.4 Å². The predicted molar refractivity (Wildman–Crippen MR) is 83.1 cm³/mol. The Morgan fingerprint density at radius 3 is 2.48 bits per heavy atom. The standard InChI is InChI=1S/C16H19N5/c1-11(2)12-3-5-13(6-4-12)14-7-8-15-18-19-16(9-10-17)21(15)20-14/h3-8,11H,9-10,17H2,1-2H3. The van der Waals surface area contributed by atoms with Crippen LogP contribution in [0.3, 0.4) is 0 Å². The largest absolute Gasteiger partial charge is 0.330 e. The molecule has 0 aliphatic heterocycles. The number of rotatable bonds is 4. The first-order valence-electron chi connectivity index (χ1n) is 7.21. The van der Waals surface area contributed by atoms with Crippen LogP contribution in [0.5, 0.6) is 0 Å². The second-order valence-electron chi connectivity index (χ2n) is 5.42. The van der Waals surface area contributed by atoms with Crippen molar-refractivity contribution in [2.24, 2.45) is 5.73 Å². The van der Waals surface area contributed by atoms with Crippen LogP contribution in [0.25, 0.3) is 16.9 Å². The minimum Gasteiger partial charge on any atom is -0.330 e. The molecular formula is C16H19N5. The van der Waals surface area contributed by atoms with E-state index in [1.807, 2.05) is 12.1 Å². The fourth-order valence-corrected chi connectivity index (χ4v) is 2.31. The minimum absolute atomic E-state index is 0.531. The minimum atomic E-state index is 0.531. The molecule has 2 aromatic heterocycles. The van der Waals surface area contributed by atoms with Crippen molar-refractivity contribution in [3.05, 3.63) is 47.8 Å². The summed E-state index contributed by atoms with van der Waals surface area (Å²) in [5, 5.41) is 12.9. The molecule has 0 aliphatic carbocycles. The van der Waals surface area contributed by atoms with Gasteiger partial charge >= 0.3 is 0 Å². The van der Waals surface area contributed by atoms with Gasteiger partial charge in [-0.05, 0) is 30.2 Å². The van der Waals surface area contributed by atoms with E-state index in [0.717, 1.165) is 22.7 Å². The number of hydrogen-bond acceptors (Lipinski definition) is 4. The van der Waals surface area contributed by atoms with Gasteiger partial charge in [-0.25, -0.2) is 0 Å². The Hall–Kier alpha value is -2.27. The Kier molecular flexibility index (Phi) is 3.66. The van der Waals surface area contributed by atoms with E-state index < -0.39 is 0 Å². The molecule has 21 heavy (non-hydrogen) atoms. The maximum atomic E-state index is 5.60. The summed E-state index contributed by atoms with van der Waals surface area (Å²) in [4.78, 5) is 0. The Balaban J connectivity index is 2.01. The molecule has 0 saturated carbocycles. The highest BCUT2D eigenvalue weighted by atomic mass is 15.4. The van der Waals surface area contributed by atoms with E-state index >= 15 is 0 Å². The fourth-order valence-electron chi connectivity index (χ4n) is 2.31. The predicted octanol–water partition coefficient (Wildman–Crippen LogP) is 2.42. The van der Waals surface area contributed by atoms with Gasteiger partial charge in [0, 0.05) is 12.0 Å². The topological polar surface area (TPSA) is 69.1 Å². The van der Waals surface area contributed by atoms with Crippen molar-refractivity contribution in [1.82, 2.24) is 19.8 Å². The van der Waals surface area contributed by atoms with E-state index in [4.69, 9.17) is 5.73 Å². The molecule has 1 aromatic carbocycles. The van der Waals surface area contributed by atoms with Gasteiger partial charge in [-0.2, -0.15) is 9.61 Å². The van der Waals surface area contributed by atoms with E-state index in [1.165, 1.54) is 5.56 Å². The number of benzene rings is 1. The van der Waals surface area contributed by atoms with Crippen LogP contribution in [-0.4, -0.2) is 26.4 Å². The molecular weight excluding hydrogens is 262 g/mol. The van der Waals surface area contributed by atoms with Crippen molar-refractivity contribution < 1.29 is 0 Å². The van der Waals surface area contributed by atoms with Crippen LogP contribution in [0.2, 0.25) is 0 Å². The summed E-state index contributed by atoms with van der Waals surface area (Å²) < 4.78 is 1.78. The summed E-state index contributed by atoms with van der Waals surface area (Å²) in [6, 6.07) is 12.4. The average Bonchev–Trinajstić information content (AvgIpc) is 2.90. The van der Waals surface area contributed by atoms with Crippen molar-refractivity contribution in [2.45, 2.75) is 26.2 Å².